The van der Waals surface area contributed by atoms with Gasteiger partial charge in [0.15, 0.2) is 0 Å². The average molecular weight is 401 g/mol. The Morgan fingerprint density at radius 2 is 1.82 bits per heavy atom. The predicted molar refractivity (Wildman–Crippen MR) is 98.0 cm³/mol. The molecule has 156 valence electrons. The number of amides is 2. The molecule has 0 spiro atoms. The third kappa shape index (κ3) is 7.75. The van der Waals surface area contributed by atoms with Gasteiger partial charge in [0.25, 0.3) is 0 Å². The smallest absolute Gasteiger partial charge is 0.405 e. The third-order valence-electron chi connectivity index (χ3n) is 4.58. The van der Waals surface area contributed by atoms with Gasteiger partial charge < -0.3 is 15.0 Å². The molecule has 0 aromatic heterocycles. The van der Waals surface area contributed by atoms with Crippen LogP contribution in [0.4, 0.5) is 13.2 Å². The Bertz CT molecular complexity index is 650. The van der Waals surface area contributed by atoms with E-state index in [1.165, 1.54) is 0 Å². The van der Waals surface area contributed by atoms with Crippen molar-refractivity contribution in [1.82, 2.24) is 15.1 Å². The topological polar surface area (TPSA) is 61.9 Å². The second-order valence-electron chi connectivity index (χ2n) is 6.75. The van der Waals surface area contributed by atoms with Crippen molar-refractivity contribution in [1.29, 1.82) is 0 Å². The van der Waals surface area contributed by atoms with Gasteiger partial charge in [0.1, 0.15) is 12.3 Å². The highest BCUT2D eigenvalue weighted by Crippen LogP contribution is 2.14. The Labute approximate surface area is 162 Å². The maximum atomic E-state index is 12.5. The lowest BCUT2D eigenvalue weighted by Gasteiger charge is -2.22. The van der Waals surface area contributed by atoms with Gasteiger partial charge in [-0.1, -0.05) is 12.1 Å². The minimum Gasteiger partial charge on any atom is -0.497 e. The fourth-order valence-corrected chi connectivity index (χ4v) is 3.04. The van der Waals surface area contributed by atoms with Crippen molar-refractivity contribution in [2.45, 2.75) is 25.4 Å². The summed E-state index contributed by atoms with van der Waals surface area (Å²) < 4.78 is 41.6. The van der Waals surface area contributed by atoms with Crippen LogP contribution in [0.15, 0.2) is 24.3 Å². The lowest BCUT2D eigenvalue weighted by molar-refractivity contribution is -0.139. The average Bonchev–Trinajstić information content (AvgIpc) is 2.90. The number of rotatable bonds is 7. The molecule has 1 aromatic carbocycles. The number of hydrogen-bond donors (Lipinski definition) is 1. The zero-order valence-corrected chi connectivity index (χ0v) is 15.9. The van der Waals surface area contributed by atoms with Crippen molar-refractivity contribution in [3.05, 3.63) is 29.8 Å². The molecule has 1 aromatic rings. The van der Waals surface area contributed by atoms with Crippen LogP contribution >= 0.6 is 0 Å². The Kier molecular flexibility index (Phi) is 8.10. The maximum Gasteiger partial charge on any atom is 0.405 e. The zero-order chi connectivity index (χ0) is 20.6. The van der Waals surface area contributed by atoms with E-state index >= 15 is 0 Å². The van der Waals surface area contributed by atoms with E-state index in [1.807, 2.05) is 29.6 Å². The molecule has 1 aliphatic heterocycles. The molecule has 6 nitrogen and oxygen atoms in total. The second-order valence-corrected chi connectivity index (χ2v) is 6.75. The highest BCUT2D eigenvalue weighted by atomic mass is 19.4. The van der Waals surface area contributed by atoms with Gasteiger partial charge >= 0.3 is 6.18 Å². The molecule has 0 atom stereocenters. The Hall–Kier alpha value is -2.29. The first kappa shape index (κ1) is 22.0. The number of alkyl halides is 3. The molecule has 0 aliphatic carbocycles. The number of aryl methyl sites for hydroxylation is 1. The molecule has 1 saturated heterocycles. The molecule has 0 saturated carbocycles. The molecular formula is C19H26F3N3O3. The minimum absolute atomic E-state index is 0.0409. The fourth-order valence-electron chi connectivity index (χ4n) is 3.04. The van der Waals surface area contributed by atoms with E-state index in [1.54, 1.807) is 16.9 Å². The Morgan fingerprint density at radius 1 is 1.11 bits per heavy atom. The second kappa shape index (κ2) is 10.3. The molecule has 0 unspecified atom stereocenters. The molecule has 1 aliphatic rings. The zero-order valence-electron chi connectivity index (χ0n) is 15.9. The number of benzene rings is 1. The number of nitrogens with one attached hydrogen (secondary N) is 1. The first-order chi connectivity index (χ1) is 13.3. The number of carbonyl (C=O) groups excluding carboxylic acids is 2. The van der Waals surface area contributed by atoms with Gasteiger partial charge in [0.05, 0.1) is 13.7 Å². The molecule has 1 fully saturated rings. The summed E-state index contributed by atoms with van der Waals surface area (Å²) in [6.07, 6.45) is -2.72. The Morgan fingerprint density at radius 3 is 2.46 bits per heavy atom. The fraction of sp³-hybridized carbons (Fsp3) is 0.579. The highest BCUT2D eigenvalue weighted by molar-refractivity contribution is 5.78. The molecule has 1 heterocycles. The summed E-state index contributed by atoms with van der Waals surface area (Å²) in [6, 6.07) is 7.56. The molecule has 28 heavy (non-hydrogen) atoms. The first-order valence-corrected chi connectivity index (χ1v) is 9.23. The van der Waals surface area contributed by atoms with Crippen LogP contribution in [0.2, 0.25) is 0 Å². The van der Waals surface area contributed by atoms with Crippen molar-refractivity contribution >= 4 is 11.8 Å². The van der Waals surface area contributed by atoms with Gasteiger partial charge in [-0.25, -0.2) is 0 Å². The van der Waals surface area contributed by atoms with E-state index in [0.717, 1.165) is 11.3 Å². The summed E-state index contributed by atoms with van der Waals surface area (Å²) in [5, 5.41) is 1.88. The number of carbonyl (C=O) groups is 2. The highest BCUT2D eigenvalue weighted by Gasteiger charge is 2.28. The van der Waals surface area contributed by atoms with Gasteiger partial charge in [-0.05, 0) is 30.5 Å². The molecular weight excluding hydrogens is 375 g/mol. The summed E-state index contributed by atoms with van der Waals surface area (Å²) in [5.74, 6) is 0.151. The predicted octanol–water partition coefficient (Wildman–Crippen LogP) is 1.84. The first-order valence-electron chi connectivity index (χ1n) is 9.23. The number of methoxy groups -OCH3 is 1. The van der Waals surface area contributed by atoms with Crippen molar-refractivity contribution in [3.8, 4) is 5.75 Å². The number of hydrogen-bond acceptors (Lipinski definition) is 4. The van der Waals surface area contributed by atoms with Crippen LogP contribution in [0.3, 0.4) is 0 Å². The summed E-state index contributed by atoms with van der Waals surface area (Å²) in [5.41, 5.74) is 1.05. The van der Waals surface area contributed by atoms with E-state index in [4.69, 9.17) is 4.74 Å². The monoisotopic (exact) mass is 401 g/mol. The van der Waals surface area contributed by atoms with E-state index in [9.17, 15) is 22.8 Å². The normalized spacial score (nSPS) is 15.8. The van der Waals surface area contributed by atoms with Crippen molar-refractivity contribution in [3.63, 3.8) is 0 Å². The van der Waals surface area contributed by atoms with Crippen LogP contribution in [0, 0.1) is 0 Å². The molecule has 0 bridgehead atoms. The van der Waals surface area contributed by atoms with E-state index in [0.29, 0.717) is 45.4 Å². The standard InChI is InChI=1S/C19H26F3N3O3/c1-28-16-6-3-15(4-7-16)5-8-18(27)25-10-2-9-24(11-12-25)13-17(26)23-14-19(20,21)22/h3-4,6-7H,2,5,8-14H2,1H3,(H,23,26). The van der Waals surface area contributed by atoms with Crippen LogP contribution in [0.5, 0.6) is 5.75 Å². The van der Waals surface area contributed by atoms with Gasteiger partial charge in [-0.2, -0.15) is 13.2 Å². The van der Waals surface area contributed by atoms with Crippen LogP contribution in [0.25, 0.3) is 0 Å². The van der Waals surface area contributed by atoms with Gasteiger partial charge in [-0.3, -0.25) is 14.5 Å². The van der Waals surface area contributed by atoms with Crippen LogP contribution < -0.4 is 10.1 Å². The number of ether oxygens (including phenoxy) is 1. The third-order valence-corrected chi connectivity index (χ3v) is 4.58. The van der Waals surface area contributed by atoms with Crippen LogP contribution in [-0.2, 0) is 16.0 Å². The van der Waals surface area contributed by atoms with Gasteiger partial charge in [0, 0.05) is 32.6 Å². The molecule has 1 N–H and O–H groups in total. The van der Waals surface area contributed by atoms with Gasteiger partial charge in [-0.15, -0.1) is 0 Å². The minimum atomic E-state index is -4.42. The van der Waals surface area contributed by atoms with E-state index in [-0.39, 0.29) is 12.5 Å². The number of nitrogens with zero attached hydrogens (tertiary/aromatic N) is 2. The largest absolute Gasteiger partial charge is 0.497 e. The van der Waals surface area contributed by atoms with E-state index in [2.05, 4.69) is 0 Å². The lowest BCUT2D eigenvalue weighted by Crippen LogP contribution is -2.42. The van der Waals surface area contributed by atoms with Crippen molar-refractivity contribution in [2.24, 2.45) is 0 Å². The maximum absolute atomic E-state index is 12.5. The molecule has 9 heteroatoms. The summed E-state index contributed by atoms with van der Waals surface area (Å²) in [6.45, 7) is 0.672. The summed E-state index contributed by atoms with van der Waals surface area (Å²) in [7, 11) is 1.60. The quantitative estimate of drug-likeness (QED) is 0.758. The van der Waals surface area contributed by atoms with Crippen molar-refractivity contribution < 1.29 is 27.5 Å². The van der Waals surface area contributed by atoms with Crippen LogP contribution in [-0.4, -0.2) is 74.2 Å². The Balaban J connectivity index is 1.74. The van der Waals surface area contributed by atoms with E-state index < -0.39 is 18.6 Å². The summed E-state index contributed by atoms with van der Waals surface area (Å²) >= 11 is 0. The van der Waals surface area contributed by atoms with Crippen molar-refractivity contribution in [2.75, 3.05) is 46.4 Å². The SMILES string of the molecule is COc1ccc(CCC(=O)N2CCCN(CC(=O)NCC(F)(F)F)CC2)cc1. The van der Waals surface area contributed by atoms with Gasteiger partial charge in [0.2, 0.25) is 11.8 Å². The van der Waals surface area contributed by atoms with Crippen LogP contribution in [0.1, 0.15) is 18.4 Å². The summed E-state index contributed by atoms with van der Waals surface area (Å²) in [4.78, 5) is 27.7. The number of halogens is 3. The lowest BCUT2D eigenvalue weighted by atomic mass is 10.1. The molecule has 2 amide bonds. The molecule has 2 rings (SSSR count). The molecule has 0 radical (unpaired) electrons.